The van der Waals surface area contributed by atoms with E-state index in [4.69, 9.17) is 4.74 Å². The predicted molar refractivity (Wildman–Crippen MR) is 104 cm³/mol. The summed E-state index contributed by atoms with van der Waals surface area (Å²) in [7, 11) is -1.06. The molecule has 0 aliphatic carbocycles. The highest BCUT2D eigenvalue weighted by Gasteiger charge is 2.19. The molecule has 0 atom stereocenters. The van der Waals surface area contributed by atoms with Gasteiger partial charge in [0.2, 0.25) is 0 Å². The molecule has 0 amide bonds. The summed E-state index contributed by atoms with van der Waals surface area (Å²) >= 11 is 3.62. The number of piperazine rings is 1. The molecular weight excluding hydrogens is 386 g/mol. The van der Waals surface area contributed by atoms with Gasteiger partial charge in [-0.2, -0.15) is 0 Å². The van der Waals surface area contributed by atoms with Gasteiger partial charge < -0.3 is 19.5 Å². The summed E-state index contributed by atoms with van der Waals surface area (Å²) in [6.45, 7) is 12.3. The van der Waals surface area contributed by atoms with Crippen molar-refractivity contribution in [1.29, 1.82) is 0 Å². The molecule has 8 heteroatoms. The molecule has 0 spiro atoms. The third kappa shape index (κ3) is 4.16. The summed E-state index contributed by atoms with van der Waals surface area (Å²) in [5, 5.41) is 3.37. The average molecular weight is 412 g/mol. The number of pyridine rings is 1. The number of hydrogen-bond donors (Lipinski definition) is 1. The highest BCUT2D eigenvalue weighted by molar-refractivity contribution is 9.10. The second-order valence-electron chi connectivity index (χ2n) is 7.43. The first-order valence-electron chi connectivity index (χ1n) is 8.48. The fraction of sp³-hybridized carbons (Fsp3) is 0.625. The molecule has 1 N–H and O–H groups in total. The molecule has 3 heterocycles. The van der Waals surface area contributed by atoms with Crippen molar-refractivity contribution in [3.8, 4) is 0 Å². The monoisotopic (exact) mass is 411 g/mol. The van der Waals surface area contributed by atoms with Crippen molar-refractivity contribution in [2.45, 2.75) is 32.4 Å². The van der Waals surface area contributed by atoms with E-state index in [1.54, 1.807) is 0 Å². The second-order valence-corrected chi connectivity index (χ2v) is 13.9. The van der Waals surface area contributed by atoms with Crippen LogP contribution in [0.1, 0.15) is 0 Å². The quantitative estimate of drug-likeness (QED) is 0.584. The Balaban J connectivity index is 1.78. The summed E-state index contributed by atoms with van der Waals surface area (Å²) in [4.78, 5) is 11.5. The number of nitrogens with one attached hydrogen (secondary N) is 1. The lowest BCUT2D eigenvalue weighted by molar-refractivity contribution is 0.0898. The molecule has 0 radical (unpaired) electrons. The van der Waals surface area contributed by atoms with E-state index in [-0.39, 0.29) is 0 Å². The molecule has 0 unspecified atom stereocenters. The van der Waals surface area contributed by atoms with Gasteiger partial charge in [-0.1, -0.05) is 19.6 Å². The molecule has 6 nitrogen and oxygen atoms in total. The number of rotatable bonds is 6. The molecule has 1 aliphatic heterocycles. The van der Waals surface area contributed by atoms with E-state index in [0.717, 1.165) is 54.1 Å². The first kappa shape index (κ1) is 17.8. The van der Waals surface area contributed by atoms with Crippen molar-refractivity contribution in [3.63, 3.8) is 0 Å². The molecule has 1 saturated heterocycles. The van der Waals surface area contributed by atoms with E-state index >= 15 is 0 Å². The Morgan fingerprint density at radius 2 is 2.00 bits per heavy atom. The first-order valence-corrected chi connectivity index (χ1v) is 13.0. The Hall–Kier alpha value is -0.963. The van der Waals surface area contributed by atoms with Crippen LogP contribution in [-0.4, -0.2) is 55.4 Å². The highest BCUT2D eigenvalue weighted by Crippen LogP contribution is 2.29. The van der Waals surface area contributed by atoms with Crippen LogP contribution in [0.15, 0.2) is 17.0 Å². The normalized spacial score (nSPS) is 16.1. The number of aromatic nitrogens is 3. The lowest BCUT2D eigenvalue weighted by atomic mass is 10.3. The van der Waals surface area contributed by atoms with Crippen LogP contribution in [0, 0.1) is 0 Å². The van der Waals surface area contributed by atoms with Crippen LogP contribution in [0.25, 0.3) is 11.0 Å². The molecule has 0 aromatic carbocycles. The van der Waals surface area contributed by atoms with Crippen LogP contribution >= 0.6 is 15.9 Å². The summed E-state index contributed by atoms with van der Waals surface area (Å²) in [5.41, 5.74) is 2.01. The third-order valence-corrected chi connectivity index (χ3v) is 6.50. The molecule has 0 bridgehead atoms. The van der Waals surface area contributed by atoms with Crippen LogP contribution < -0.4 is 10.2 Å². The minimum atomic E-state index is -1.06. The van der Waals surface area contributed by atoms with Gasteiger partial charge in [-0.05, 0) is 22.0 Å². The standard InChI is InChI=1S/C16H26BrN5OSi/c1-24(2,3)9-8-23-12-22-11-20-14-15(22)13(17)10-19-16(14)21-6-4-18-5-7-21/h10-11,18H,4-9,12H2,1-3H3. The first-order chi connectivity index (χ1) is 11.5. The van der Waals surface area contributed by atoms with Gasteiger partial charge in [0.15, 0.2) is 5.82 Å². The molecule has 3 rings (SSSR count). The predicted octanol–water partition coefficient (Wildman–Crippen LogP) is 2.92. The van der Waals surface area contributed by atoms with E-state index in [1.807, 2.05) is 12.5 Å². The number of anilines is 1. The second kappa shape index (κ2) is 7.51. The van der Waals surface area contributed by atoms with Gasteiger partial charge in [0, 0.05) is 47.1 Å². The lowest BCUT2D eigenvalue weighted by Gasteiger charge is -2.28. The highest BCUT2D eigenvalue weighted by atomic mass is 79.9. The topological polar surface area (TPSA) is 55.2 Å². The van der Waals surface area contributed by atoms with Crippen LogP contribution in [0.2, 0.25) is 25.7 Å². The zero-order valence-corrected chi connectivity index (χ0v) is 17.3. The van der Waals surface area contributed by atoms with Crippen LogP contribution in [0.5, 0.6) is 0 Å². The smallest absolute Gasteiger partial charge is 0.156 e. The average Bonchev–Trinajstić information content (AvgIpc) is 2.97. The number of fused-ring (bicyclic) bond motifs is 1. The van der Waals surface area contributed by atoms with Gasteiger partial charge in [0.25, 0.3) is 0 Å². The van der Waals surface area contributed by atoms with Crippen LogP contribution in [0.3, 0.4) is 0 Å². The minimum absolute atomic E-state index is 0.532. The summed E-state index contributed by atoms with van der Waals surface area (Å²) < 4.78 is 8.92. The number of nitrogens with zero attached hydrogens (tertiary/aromatic N) is 4. The molecule has 1 fully saturated rings. The van der Waals surface area contributed by atoms with E-state index in [2.05, 4.69) is 60.3 Å². The molecule has 132 valence electrons. The maximum Gasteiger partial charge on any atom is 0.156 e. The molecule has 0 saturated carbocycles. The maximum atomic E-state index is 5.90. The number of ether oxygens (including phenoxy) is 1. The summed E-state index contributed by atoms with van der Waals surface area (Å²) in [6, 6.07) is 1.17. The number of imidazole rings is 1. The molecular formula is C16H26BrN5OSi. The molecule has 24 heavy (non-hydrogen) atoms. The Labute approximate surface area is 152 Å². The minimum Gasteiger partial charge on any atom is -0.361 e. The Bertz CT molecular complexity index is 694. The van der Waals surface area contributed by atoms with Crippen LogP contribution in [0.4, 0.5) is 5.82 Å². The Kier molecular flexibility index (Phi) is 5.58. The summed E-state index contributed by atoms with van der Waals surface area (Å²) in [6.07, 6.45) is 3.73. The van der Waals surface area contributed by atoms with E-state index in [1.165, 1.54) is 6.04 Å². The van der Waals surface area contributed by atoms with Crippen molar-refractivity contribution in [2.75, 3.05) is 37.7 Å². The molecule has 1 aliphatic rings. The van der Waals surface area contributed by atoms with Crippen molar-refractivity contribution in [1.82, 2.24) is 19.9 Å². The van der Waals surface area contributed by atoms with Gasteiger partial charge in [0.1, 0.15) is 12.2 Å². The van der Waals surface area contributed by atoms with E-state index < -0.39 is 8.07 Å². The Morgan fingerprint density at radius 1 is 1.25 bits per heavy atom. The SMILES string of the molecule is C[Si](C)(C)CCOCn1cnc2c(N3CCNCC3)ncc(Br)c21. The van der Waals surface area contributed by atoms with Gasteiger partial charge in [-0.25, -0.2) is 9.97 Å². The van der Waals surface area contributed by atoms with Gasteiger partial charge in [0.05, 0.1) is 16.3 Å². The fourth-order valence-electron chi connectivity index (χ4n) is 2.78. The van der Waals surface area contributed by atoms with E-state index in [0.29, 0.717) is 6.73 Å². The number of hydrogen-bond acceptors (Lipinski definition) is 5. The largest absolute Gasteiger partial charge is 0.361 e. The zero-order chi connectivity index (χ0) is 17.2. The number of halogens is 1. The zero-order valence-electron chi connectivity index (χ0n) is 14.7. The Morgan fingerprint density at radius 3 is 2.71 bits per heavy atom. The maximum absolute atomic E-state index is 5.90. The van der Waals surface area contributed by atoms with Gasteiger partial charge in [-0.3, -0.25) is 0 Å². The third-order valence-electron chi connectivity index (χ3n) is 4.22. The molecule has 2 aromatic heterocycles. The van der Waals surface area contributed by atoms with E-state index in [9.17, 15) is 0 Å². The van der Waals surface area contributed by atoms with Gasteiger partial charge >= 0.3 is 0 Å². The lowest BCUT2D eigenvalue weighted by Crippen LogP contribution is -2.44. The van der Waals surface area contributed by atoms with Gasteiger partial charge in [-0.15, -0.1) is 0 Å². The summed E-state index contributed by atoms with van der Waals surface area (Å²) in [5.74, 6) is 0.968. The molecule has 2 aromatic rings. The van der Waals surface area contributed by atoms with Crippen molar-refractivity contribution >= 4 is 40.9 Å². The van der Waals surface area contributed by atoms with Crippen molar-refractivity contribution < 1.29 is 4.74 Å². The van der Waals surface area contributed by atoms with Crippen molar-refractivity contribution in [2.24, 2.45) is 0 Å². The van der Waals surface area contributed by atoms with Crippen molar-refractivity contribution in [3.05, 3.63) is 17.0 Å². The van der Waals surface area contributed by atoms with Crippen LogP contribution in [-0.2, 0) is 11.5 Å². The fourth-order valence-corrected chi connectivity index (χ4v) is 4.06.